The summed E-state index contributed by atoms with van der Waals surface area (Å²) in [6.07, 6.45) is 0.780. The minimum atomic E-state index is -0.415. The van der Waals surface area contributed by atoms with Crippen molar-refractivity contribution in [1.82, 2.24) is 10.2 Å². The number of ether oxygens (including phenoxy) is 3. The van der Waals surface area contributed by atoms with Gasteiger partial charge in [0.2, 0.25) is 5.91 Å². The fourth-order valence-corrected chi connectivity index (χ4v) is 5.30. The van der Waals surface area contributed by atoms with E-state index in [1.165, 1.54) is 0 Å². The number of hydrogen-bond donors (Lipinski definition) is 1. The van der Waals surface area contributed by atoms with Crippen molar-refractivity contribution < 1.29 is 28.6 Å². The predicted molar refractivity (Wildman–Crippen MR) is 160 cm³/mol. The van der Waals surface area contributed by atoms with E-state index in [0.29, 0.717) is 41.3 Å². The summed E-state index contributed by atoms with van der Waals surface area (Å²) in [6.45, 7) is 6.46. The maximum atomic E-state index is 13.4. The molecule has 1 aliphatic rings. The summed E-state index contributed by atoms with van der Waals surface area (Å²) < 4.78 is 16.1. The third kappa shape index (κ3) is 7.00. The second-order valence-electron chi connectivity index (χ2n) is 10.3. The van der Waals surface area contributed by atoms with Gasteiger partial charge in [0.25, 0.3) is 5.91 Å². The van der Waals surface area contributed by atoms with E-state index in [1.54, 1.807) is 51.2 Å². The van der Waals surface area contributed by atoms with Crippen LogP contribution in [0.3, 0.4) is 0 Å². The number of carbonyl (C=O) groups excluding carboxylic acids is 3. The second kappa shape index (κ2) is 13.9. The lowest BCUT2D eigenvalue weighted by Gasteiger charge is -2.34. The van der Waals surface area contributed by atoms with Crippen LogP contribution in [0.2, 0.25) is 0 Å². The van der Waals surface area contributed by atoms with Gasteiger partial charge >= 0.3 is 5.97 Å². The number of benzene rings is 3. The van der Waals surface area contributed by atoms with Crippen LogP contribution in [0.1, 0.15) is 58.8 Å². The van der Waals surface area contributed by atoms with Gasteiger partial charge in [-0.1, -0.05) is 48.0 Å². The van der Waals surface area contributed by atoms with Gasteiger partial charge in [0, 0.05) is 30.1 Å². The molecule has 1 heterocycles. The number of amides is 2. The molecule has 3 aromatic rings. The van der Waals surface area contributed by atoms with Crippen molar-refractivity contribution in [1.29, 1.82) is 0 Å². The highest BCUT2D eigenvalue weighted by molar-refractivity contribution is 5.96. The van der Waals surface area contributed by atoms with Crippen LogP contribution in [0, 0.1) is 6.92 Å². The standard InChI is InChI=1S/C34H38N2O6/c1-6-42-34(39)32-23(3)36(31(37)20-28(32)26-11-7-9-22(2)17-26)21-25-10-8-12-27(18-25)33(38)35-16-15-24-13-14-29(40-4)30(19-24)41-5/h7-14,17-19,28H,6,15-16,20-21H2,1-5H3,(H,35,38). The first kappa shape index (κ1) is 30.4. The molecule has 4 rings (SSSR count). The Morgan fingerprint density at radius 2 is 1.69 bits per heavy atom. The van der Waals surface area contributed by atoms with Crippen LogP contribution in [0.4, 0.5) is 0 Å². The number of rotatable bonds is 11. The molecule has 0 aliphatic carbocycles. The molecule has 0 saturated heterocycles. The van der Waals surface area contributed by atoms with E-state index >= 15 is 0 Å². The summed E-state index contributed by atoms with van der Waals surface area (Å²) in [7, 11) is 3.18. The molecule has 8 nitrogen and oxygen atoms in total. The average molecular weight is 571 g/mol. The van der Waals surface area contributed by atoms with E-state index in [9.17, 15) is 14.4 Å². The van der Waals surface area contributed by atoms with Crippen LogP contribution in [-0.4, -0.2) is 50.1 Å². The predicted octanol–water partition coefficient (Wildman–Crippen LogP) is 5.34. The molecule has 42 heavy (non-hydrogen) atoms. The van der Waals surface area contributed by atoms with Crippen LogP contribution < -0.4 is 14.8 Å². The van der Waals surface area contributed by atoms with E-state index in [-0.39, 0.29) is 37.3 Å². The van der Waals surface area contributed by atoms with Crippen LogP contribution in [0.25, 0.3) is 0 Å². The normalized spacial score (nSPS) is 14.9. The Labute approximate surface area is 247 Å². The van der Waals surface area contributed by atoms with Gasteiger partial charge < -0.3 is 24.4 Å². The van der Waals surface area contributed by atoms with Gasteiger partial charge in [0.15, 0.2) is 11.5 Å². The van der Waals surface area contributed by atoms with Crippen LogP contribution in [0.5, 0.6) is 11.5 Å². The molecule has 0 bridgehead atoms. The number of carbonyl (C=O) groups is 3. The molecule has 1 aliphatic heterocycles. The van der Waals surface area contributed by atoms with Crippen molar-refractivity contribution >= 4 is 17.8 Å². The summed E-state index contributed by atoms with van der Waals surface area (Å²) in [5.74, 6) is 0.205. The Kier molecular flexibility index (Phi) is 10.0. The van der Waals surface area contributed by atoms with Gasteiger partial charge in [-0.3, -0.25) is 9.59 Å². The van der Waals surface area contributed by atoms with E-state index in [0.717, 1.165) is 22.3 Å². The number of aryl methyl sites for hydroxylation is 1. The summed E-state index contributed by atoms with van der Waals surface area (Å²) in [6, 6.07) is 20.7. The zero-order chi connectivity index (χ0) is 30.2. The molecule has 0 radical (unpaired) electrons. The Morgan fingerprint density at radius 1 is 0.929 bits per heavy atom. The van der Waals surface area contributed by atoms with Gasteiger partial charge in [-0.25, -0.2) is 4.79 Å². The first-order valence-corrected chi connectivity index (χ1v) is 14.1. The quantitative estimate of drug-likeness (QED) is 0.313. The minimum absolute atomic E-state index is 0.0863. The van der Waals surface area contributed by atoms with Gasteiger partial charge in [-0.2, -0.15) is 0 Å². The van der Waals surface area contributed by atoms with E-state index in [4.69, 9.17) is 14.2 Å². The lowest BCUT2D eigenvalue weighted by Crippen LogP contribution is -2.38. The lowest BCUT2D eigenvalue weighted by atomic mass is 9.83. The van der Waals surface area contributed by atoms with Gasteiger partial charge in [0.05, 0.1) is 32.9 Å². The number of allylic oxidation sites excluding steroid dienone is 1. The zero-order valence-electron chi connectivity index (χ0n) is 24.9. The van der Waals surface area contributed by atoms with Crippen molar-refractivity contribution in [2.75, 3.05) is 27.4 Å². The number of methoxy groups -OCH3 is 2. The van der Waals surface area contributed by atoms with Crippen LogP contribution in [0.15, 0.2) is 78.0 Å². The maximum absolute atomic E-state index is 13.4. The summed E-state index contributed by atoms with van der Waals surface area (Å²) in [5, 5.41) is 2.96. The number of esters is 1. The molecular formula is C34H38N2O6. The number of nitrogens with zero attached hydrogens (tertiary/aromatic N) is 1. The molecule has 0 fully saturated rings. The SMILES string of the molecule is CCOC(=O)C1=C(C)N(Cc2cccc(C(=O)NCCc3ccc(OC)c(OC)c3)c2)C(=O)CC1c1cccc(C)c1. The highest BCUT2D eigenvalue weighted by Crippen LogP contribution is 2.38. The Bertz CT molecular complexity index is 1490. The van der Waals surface area contributed by atoms with E-state index in [1.807, 2.05) is 55.5 Å². The minimum Gasteiger partial charge on any atom is -0.493 e. The average Bonchev–Trinajstić information content (AvgIpc) is 2.99. The first-order chi connectivity index (χ1) is 20.2. The first-order valence-electron chi connectivity index (χ1n) is 14.1. The van der Waals surface area contributed by atoms with Crippen molar-refractivity contribution in [3.8, 4) is 11.5 Å². The smallest absolute Gasteiger partial charge is 0.336 e. The fraction of sp³-hybridized carbons (Fsp3) is 0.324. The van der Waals surface area contributed by atoms with Crippen LogP contribution in [-0.2, 0) is 27.3 Å². The highest BCUT2D eigenvalue weighted by atomic mass is 16.5. The summed E-state index contributed by atoms with van der Waals surface area (Å²) in [4.78, 5) is 41.1. The van der Waals surface area contributed by atoms with Crippen molar-refractivity contribution in [3.05, 3.63) is 106 Å². The molecule has 1 N–H and O–H groups in total. The molecule has 0 aromatic heterocycles. The number of hydrogen-bond acceptors (Lipinski definition) is 6. The molecule has 8 heteroatoms. The Hall–Kier alpha value is -4.59. The zero-order valence-corrected chi connectivity index (χ0v) is 24.9. The topological polar surface area (TPSA) is 94.2 Å². The molecule has 3 aromatic carbocycles. The van der Waals surface area contributed by atoms with Crippen molar-refractivity contribution in [2.45, 2.75) is 46.1 Å². The summed E-state index contributed by atoms with van der Waals surface area (Å²) >= 11 is 0. The van der Waals surface area contributed by atoms with Crippen LogP contribution >= 0.6 is 0 Å². The van der Waals surface area contributed by atoms with E-state index < -0.39 is 5.97 Å². The van der Waals surface area contributed by atoms with Gasteiger partial charge in [0.1, 0.15) is 0 Å². The third-order valence-corrected chi connectivity index (χ3v) is 7.44. The summed E-state index contributed by atoms with van der Waals surface area (Å²) in [5.41, 5.74) is 5.32. The maximum Gasteiger partial charge on any atom is 0.336 e. The second-order valence-corrected chi connectivity index (χ2v) is 10.3. The molecular weight excluding hydrogens is 532 g/mol. The Balaban J connectivity index is 1.49. The lowest BCUT2D eigenvalue weighted by molar-refractivity contribution is -0.140. The van der Waals surface area contributed by atoms with E-state index in [2.05, 4.69) is 5.32 Å². The number of nitrogens with one attached hydrogen (secondary N) is 1. The van der Waals surface area contributed by atoms with Gasteiger partial charge in [-0.05, 0) is 68.1 Å². The van der Waals surface area contributed by atoms with Gasteiger partial charge in [-0.15, -0.1) is 0 Å². The molecule has 0 spiro atoms. The molecule has 2 amide bonds. The highest BCUT2D eigenvalue weighted by Gasteiger charge is 2.37. The molecule has 0 saturated carbocycles. The van der Waals surface area contributed by atoms with Crippen molar-refractivity contribution in [3.63, 3.8) is 0 Å². The molecule has 220 valence electrons. The third-order valence-electron chi connectivity index (χ3n) is 7.44. The molecule has 1 unspecified atom stereocenters. The fourth-order valence-electron chi connectivity index (χ4n) is 5.30. The Morgan fingerprint density at radius 3 is 2.40 bits per heavy atom. The molecule has 1 atom stereocenters. The largest absolute Gasteiger partial charge is 0.493 e. The monoisotopic (exact) mass is 570 g/mol. The van der Waals surface area contributed by atoms with Crippen molar-refractivity contribution in [2.24, 2.45) is 0 Å².